The maximum atomic E-state index is 5.53. The van der Waals surface area contributed by atoms with E-state index < -0.39 is 5.60 Å². The van der Waals surface area contributed by atoms with Crippen LogP contribution in [0.3, 0.4) is 0 Å². The summed E-state index contributed by atoms with van der Waals surface area (Å²) in [6.07, 6.45) is 0.819. The van der Waals surface area contributed by atoms with E-state index in [0.717, 1.165) is 35.0 Å². The van der Waals surface area contributed by atoms with Gasteiger partial charge in [0.25, 0.3) is 0 Å². The Morgan fingerprint density at radius 1 is 1.47 bits per heavy atom. The Morgan fingerprint density at radius 2 is 2.24 bits per heavy atom. The number of thioether (sulfide) groups is 1. The summed E-state index contributed by atoms with van der Waals surface area (Å²) in [5.41, 5.74) is 4.41. The second-order valence-electron chi connectivity index (χ2n) is 4.25. The topological polar surface area (TPSA) is 73.1 Å². The van der Waals surface area contributed by atoms with E-state index in [1.54, 1.807) is 7.11 Å². The number of nitrogens with one attached hydrogen (secondary N) is 1. The van der Waals surface area contributed by atoms with Gasteiger partial charge in [0.05, 0.1) is 5.69 Å². The van der Waals surface area contributed by atoms with Gasteiger partial charge in [-0.25, -0.2) is 15.8 Å². The second-order valence-corrected chi connectivity index (χ2v) is 5.23. The highest BCUT2D eigenvalue weighted by Crippen LogP contribution is 2.35. The average molecular weight is 254 g/mol. The Bertz CT molecular complexity index is 420. The molecule has 1 aliphatic heterocycles. The first kappa shape index (κ1) is 12.6. The predicted molar refractivity (Wildman–Crippen MR) is 69.5 cm³/mol. The van der Waals surface area contributed by atoms with Crippen molar-refractivity contribution in [1.82, 2.24) is 9.97 Å². The minimum absolute atomic E-state index is 0.451. The van der Waals surface area contributed by atoms with Crippen LogP contribution in [0.5, 0.6) is 0 Å². The zero-order valence-corrected chi connectivity index (χ0v) is 11.2. The standard InChI is InChI=1S/C11H18N4OS/c1-4-11(2,16-3)10-13-8-6-17-5-7(8)9(14-10)15-12/h4-6,12H2,1-3H3,(H,13,14,15). The Hall–Kier alpha value is -0.850. The molecular formula is C11H18N4OS. The third-order valence-electron chi connectivity index (χ3n) is 3.31. The summed E-state index contributed by atoms with van der Waals surface area (Å²) in [5.74, 6) is 8.80. The van der Waals surface area contributed by atoms with Gasteiger partial charge < -0.3 is 10.2 Å². The van der Waals surface area contributed by atoms with Crippen LogP contribution in [0.2, 0.25) is 0 Å². The number of nitrogen functional groups attached to an aromatic ring is 1. The number of methoxy groups -OCH3 is 1. The van der Waals surface area contributed by atoms with Crippen molar-refractivity contribution in [3.63, 3.8) is 0 Å². The lowest BCUT2D eigenvalue weighted by atomic mass is 10.0. The molecule has 0 spiro atoms. The molecule has 0 saturated heterocycles. The van der Waals surface area contributed by atoms with Gasteiger partial charge in [-0.05, 0) is 13.3 Å². The molecule has 0 aromatic carbocycles. The lowest BCUT2D eigenvalue weighted by Crippen LogP contribution is -2.28. The summed E-state index contributed by atoms with van der Waals surface area (Å²) >= 11 is 1.83. The summed E-state index contributed by atoms with van der Waals surface area (Å²) in [4.78, 5) is 9.11. The molecule has 17 heavy (non-hydrogen) atoms. The zero-order valence-electron chi connectivity index (χ0n) is 10.4. The highest BCUT2D eigenvalue weighted by atomic mass is 32.2. The second kappa shape index (κ2) is 4.80. The number of fused-ring (bicyclic) bond motifs is 1. The van der Waals surface area contributed by atoms with Gasteiger partial charge in [-0.3, -0.25) is 0 Å². The Balaban J connectivity index is 2.50. The quantitative estimate of drug-likeness (QED) is 0.630. The molecule has 1 aromatic rings. The predicted octanol–water partition coefficient (Wildman–Crippen LogP) is 1.78. The van der Waals surface area contributed by atoms with Gasteiger partial charge in [0.15, 0.2) is 5.82 Å². The maximum absolute atomic E-state index is 5.53. The van der Waals surface area contributed by atoms with Crippen LogP contribution < -0.4 is 11.3 Å². The van der Waals surface area contributed by atoms with Crippen molar-refractivity contribution < 1.29 is 4.74 Å². The Kier molecular flexibility index (Phi) is 3.56. The SMILES string of the molecule is CCC(C)(OC)c1nc2c(c(NN)n1)CSC2. The molecule has 6 heteroatoms. The minimum atomic E-state index is -0.451. The first-order valence-corrected chi connectivity index (χ1v) is 6.80. The molecule has 0 radical (unpaired) electrons. The molecular weight excluding hydrogens is 236 g/mol. The number of aromatic nitrogens is 2. The molecule has 1 unspecified atom stereocenters. The molecule has 1 aliphatic rings. The van der Waals surface area contributed by atoms with Crippen molar-refractivity contribution in [2.45, 2.75) is 37.4 Å². The van der Waals surface area contributed by atoms with E-state index in [9.17, 15) is 0 Å². The van der Waals surface area contributed by atoms with Crippen molar-refractivity contribution in [3.05, 3.63) is 17.1 Å². The number of hydrogen-bond acceptors (Lipinski definition) is 6. The number of hydrazine groups is 1. The Morgan fingerprint density at radius 3 is 2.82 bits per heavy atom. The van der Waals surface area contributed by atoms with Crippen molar-refractivity contribution in [3.8, 4) is 0 Å². The van der Waals surface area contributed by atoms with E-state index in [-0.39, 0.29) is 0 Å². The highest BCUT2D eigenvalue weighted by molar-refractivity contribution is 7.98. The summed E-state index contributed by atoms with van der Waals surface area (Å²) in [5, 5.41) is 0. The van der Waals surface area contributed by atoms with Crippen LogP contribution in [-0.4, -0.2) is 17.1 Å². The fourth-order valence-electron chi connectivity index (χ4n) is 1.80. The Labute approximate surface area is 106 Å². The molecule has 1 atom stereocenters. The first-order valence-electron chi connectivity index (χ1n) is 5.64. The first-order chi connectivity index (χ1) is 8.14. The molecule has 0 fully saturated rings. The number of hydrogen-bond donors (Lipinski definition) is 2. The lowest BCUT2D eigenvalue weighted by molar-refractivity contribution is -0.00901. The molecule has 0 bridgehead atoms. The number of anilines is 1. The van der Waals surface area contributed by atoms with E-state index in [2.05, 4.69) is 22.3 Å². The molecule has 5 nitrogen and oxygen atoms in total. The number of ether oxygens (including phenoxy) is 1. The van der Waals surface area contributed by atoms with Crippen molar-refractivity contribution >= 4 is 17.6 Å². The van der Waals surface area contributed by atoms with Crippen molar-refractivity contribution in [1.29, 1.82) is 0 Å². The van der Waals surface area contributed by atoms with Gasteiger partial charge in [-0.2, -0.15) is 11.8 Å². The highest BCUT2D eigenvalue weighted by Gasteiger charge is 2.30. The van der Waals surface area contributed by atoms with Gasteiger partial charge in [0, 0.05) is 24.2 Å². The van der Waals surface area contributed by atoms with E-state index in [0.29, 0.717) is 5.82 Å². The van der Waals surface area contributed by atoms with Gasteiger partial charge in [-0.1, -0.05) is 6.92 Å². The van der Waals surface area contributed by atoms with Crippen molar-refractivity contribution in [2.24, 2.45) is 5.84 Å². The third-order valence-corrected chi connectivity index (χ3v) is 4.28. The van der Waals surface area contributed by atoms with Crippen LogP contribution in [0, 0.1) is 0 Å². The van der Waals surface area contributed by atoms with Crippen molar-refractivity contribution in [2.75, 3.05) is 12.5 Å². The summed E-state index contributed by atoms with van der Waals surface area (Å²) in [7, 11) is 1.68. The molecule has 94 valence electrons. The van der Waals surface area contributed by atoms with Gasteiger partial charge in [0.1, 0.15) is 11.4 Å². The van der Waals surface area contributed by atoms with Gasteiger partial charge in [0.2, 0.25) is 0 Å². The molecule has 2 rings (SSSR count). The summed E-state index contributed by atoms with van der Waals surface area (Å²) < 4.78 is 5.53. The average Bonchev–Trinajstić information content (AvgIpc) is 2.84. The van der Waals surface area contributed by atoms with Gasteiger partial charge >= 0.3 is 0 Å². The molecule has 3 N–H and O–H groups in total. The van der Waals surface area contributed by atoms with E-state index in [1.807, 2.05) is 18.7 Å². The van der Waals surface area contributed by atoms with Crippen LogP contribution in [0.1, 0.15) is 37.4 Å². The van der Waals surface area contributed by atoms with Crippen LogP contribution in [0.25, 0.3) is 0 Å². The molecule has 2 heterocycles. The minimum Gasteiger partial charge on any atom is -0.371 e. The van der Waals surface area contributed by atoms with Crippen LogP contribution >= 0.6 is 11.8 Å². The van der Waals surface area contributed by atoms with Crippen LogP contribution in [-0.2, 0) is 21.8 Å². The number of nitrogens with two attached hydrogens (primary N) is 1. The van der Waals surface area contributed by atoms with E-state index in [1.165, 1.54) is 0 Å². The summed E-state index contributed by atoms with van der Waals surface area (Å²) in [6, 6.07) is 0. The van der Waals surface area contributed by atoms with E-state index >= 15 is 0 Å². The zero-order chi connectivity index (χ0) is 12.5. The fourth-order valence-corrected chi connectivity index (χ4v) is 2.84. The summed E-state index contributed by atoms with van der Waals surface area (Å²) in [6.45, 7) is 4.06. The fraction of sp³-hybridized carbons (Fsp3) is 0.636. The number of nitrogens with zero attached hydrogens (tertiary/aromatic N) is 2. The molecule has 0 saturated carbocycles. The van der Waals surface area contributed by atoms with Crippen LogP contribution in [0.4, 0.5) is 5.82 Å². The largest absolute Gasteiger partial charge is 0.371 e. The smallest absolute Gasteiger partial charge is 0.162 e. The molecule has 0 aliphatic carbocycles. The van der Waals surface area contributed by atoms with Crippen LogP contribution in [0.15, 0.2) is 0 Å². The molecule has 0 amide bonds. The molecule has 1 aromatic heterocycles. The monoisotopic (exact) mass is 254 g/mol. The van der Waals surface area contributed by atoms with Gasteiger partial charge in [-0.15, -0.1) is 0 Å². The lowest BCUT2D eigenvalue weighted by Gasteiger charge is -2.25. The number of rotatable bonds is 4. The normalized spacial score (nSPS) is 17.6. The maximum Gasteiger partial charge on any atom is 0.162 e. The third kappa shape index (κ3) is 2.12. The van der Waals surface area contributed by atoms with E-state index in [4.69, 9.17) is 10.6 Å².